The SMILES string of the molecule is CCc1ccc(Cn2c(SCC(=O)N[C@H](C)CC)nc3c(sc4ncccc43)c2=O)cc1. The van der Waals surface area contributed by atoms with E-state index in [4.69, 9.17) is 4.98 Å². The molecule has 3 heterocycles. The number of carbonyl (C=O) groups excluding carboxylic acids is 1. The van der Waals surface area contributed by atoms with Crippen molar-refractivity contribution in [3.05, 3.63) is 64.1 Å². The molecule has 0 saturated heterocycles. The molecule has 8 heteroatoms. The van der Waals surface area contributed by atoms with Gasteiger partial charge in [-0.05, 0) is 43.0 Å². The Bertz CT molecular complexity index is 1310. The number of thioether (sulfide) groups is 1. The smallest absolute Gasteiger partial charge is 0.272 e. The summed E-state index contributed by atoms with van der Waals surface area (Å²) in [6.07, 6.45) is 3.56. The number of benzene rings is 1. The van der Waals surface area contributed by atoms with Crippen LogP contribution >= 0.6 is 23.1 Å². The van der Waals surface area contributed by atoms with Crippen molar-refractivity contribution in [1.29, 1.82) is 0 Å². The quantitative estimate of drug-likeness (QED) is 0.303. The highest BCUT2D eigenvalue weighted by Crippen LogP contribution is 2.30. The summed E-state index contributed by atoms with van der Waals surface area (Å²) in [5, 5.41) is 4.39. The van der Waals surface area contributed by atoms with Crippen LogP contribution < -0.4 is 10.9 Å². The van der Waals surface area contributed by atoms with Crippen molar-refractivity contribution < 1.29 is 4.79 Å². The van der Waals surface area contributed by atoms with Crippen LogP contribution in [0, 0.1) is 0 Å². The molecule has 0 bridgehead atoms. The number of hydrogen-bond acceptors (Lipinski definition) is 6. The van der Waals surface area contributed by atoms with Crippen molar-refractivity contribution in [2.45, 2.75) is 51.4 Å². The van der Waals surface area contributed by atoms with E-state index in [9.17, 15) is 9.59 Å². The van der Waals surface area contributed by atoms with Crippen molar-refractivity contribution in [1.82, 2.24) is 19.9 Å². The molecule has 6 nitrogen and oxygen atoms in total. The van der Waals surface area contributed by atoms with E-state index in [2.05, 4.69) is 29.4 Å². The van der Waals surface area contributed by atoms with Crippen LogP contribution in [-0.4, -0.2) is 32.2 Å². The van der Waals surface area contributed by atoms with Gasteiger partial charge >= 0.3 is 0 Å². The first-order valence-corrected chi connectivity index (χ1v) is 12.6. The van der Waals surface area contributed by atoms with E-state index in [0.29, 0.717) is 21.9 Å². The lowest BCUT2D eigenvalue weighted by molar-refractivity contribution is -0.119. The number of aromatic nitrogens is 3. The van der Waals surface area contributed by atoms with Crippen LogP contribution in [-0.2, 0) is 17.8 Å². The molecule has 1 aromatic carbocycles. The molecule has 0 aliphatic heterocycles. The minimum atomic E-state index is -0.0950. The van der Waals surface area contributed by atoms with Gasteiger partial charge in [-0.25, -0.2) is 9.97 Å². The van der Waals surface area contributed by atoms with E-state index in [1.165, 1.54) is 28.7 Å². The number of aryl methyl sites for hydroxylation is 1. The lowest BCUT2D eigenvalue weighted by atomic mass is 10.1. The molecule has 1 amide bonds. The zero-order chi connectivity index (χ0) is 22.7. The van der Waals surface area contributed by atoms with Gasteiger partial charge in [0.2, 0.25) is 5.91 Å². The zero-order valence-electron chi connectivity index (χ0n) is 18.4. The molecule has 4 aromatic rings. The summed E-state index contributed by atoms with van der Waals surface area (Å²) in [7, 11) is 0. The number of fused-ring (bicyclic) bond motifs is 3. The molecule has 166 valence electrons. The molecule has 0 aliphatic carbocycles. The number of hydrogen-bond donors (Lipinski definition) is 1. The summed E-state index contributed by atoms with van der Waals surface area (Å²) in [5.41, 5.74) is 2.84. The van der Waals surface area contributed by atoms with Gasteiger partial charge in [0.05, 0.1) is 17.8 Å². The zero-order valence-corrected chi connectivity index (χ0v) is 20.1. The fraction of sp³-hybridized carbons (Fsp3) is 0.333. The third-order valence-corrected chi connectivity index (χ3v) is 7.51. The minimum Gasteiger partial charge on any atom is -0.353 e. The highest BCUT2D eigenvalue weighted by atomic mass is 32.2. The highest BCUT2D eigenvalue weighted by Gasteiger charge is 2.18. The van der Waals surface area contributed by atoms with Gasteiger partial charge in [-0.2, -0.15) is 0 Å². The van der Waals surface area contributed by atoms with Crippen LogP contribution in [0.25, 0.3) is 20.4 Å². The van der Waals surface area contributed by atoms with Crippen molar-refractivity contribution in [2.75, 3.05) is 5.75 Å². The molecule has 32 heavy (non-hydrogen) atoms. The Hall–Kier alpha value is -2.71. The number of nitrogens with zero attached hydrogens (tertiary/aromatic N) is 3. The molecule has 0 aliphatic rings. The number of carbonyl (C=O) groups is 1. The summed E-state index contributed by atoms with van der Waals surface area (Å²) < 4.78 is 2.28. The van der Waals surface area contributed by atoms with Gasteiger partial charge in [0.1, 0.15) is 9.53 Å². The van der Waals surface area contributed by atoms with Gasteiger partial charge in [-0.15, -0.1) is 11.3 Å². The number of rotatable bonds is 8. The third kappa shape index (κ3) is 4.71. The minimum absolute atomic E-state index is 0.0608. The fourth-order valence-electron chi connectivity index (χ4n) is 3.40. The summed E-state index contributed by atoms with van der Waals surface area (Å²) >= 11 is 2.67. The summed E-state index contributed by atoms with van der Waals surface area (Å²) in [6, 6.07) is 12.2. The maximum absolute atomic E-state index is 13.5. The van der Waals surface area contributed by atoms with Crippen LogP contribution in [0.4, 0.5) is 0 Å². The van der Waals surface area contributed by atoms with E-state index >= 15 is 0 Å². The summed E-state index contributed by atoms with van der Waals surface area (Å²) in [6.45, 7) is 6.53. The Kier molecular flexibility index (Phi) is 6.91. The molecule has 1 atom stereocenters. The van der Waals surface area contributed by atoms with E-state index in [1.54, 1.807) is 10.8 Å². The van der Waals surface area contributed by atoms with Crippen LogP contribution in [0.2, 0.25) is 0 Å². The van der Waals surface area contributed by atoms with E-state index in [1.807, 2.05) is 38.1 Å². The van der Waals surface area contributed by atoms with Crippen LogP contribution in [0.3, 0.4) is 0 Å². The summed E-state index contributed by atoms with van der Waals surface area (Å²) in [4.78, 5) is 35.9. The second-order valence-electron chi connectivity index (χ2n) is 7.76. The highest BCUT2D eigenvalue weighted by molar-refractivity contribution is 7.99. The van der Waals surface area contributed by atoms with Crippen molar-refractivity contribution in [3.63, 3.8) is 0 Å². The average Bonchev–Trinajstić information content (AvgIpc) is 3.19. The van der Waals surface area contributed by atoms with Gasteiger partial charge in [0, 0.05) is 17.6 Å². The lowest BCUT2D eigenvalue weighted by Crippen LogP contribution is -2.33. The van der Waals surface area contributed by atoms with Crippen LogP contribution in [0.1, 0.15) is 38.3 Å². The molecular formula is C24H26N4O2S2. The fourth-order valence-corrected chi connectivity index (χ4v) is 5.24. The molecule has 0 spiro atoms. The first kappa shape index (κ1) is 22.5. The third-order valence-electron chi connectivity index (χ3n) is 5.44. The first-order chi connectivity index (χ1) is 15.5. The van der Waals surface area contributed by atoms with Gasteiger partial charge in [0.25, 0.3) is 5.56 Å². The van der Waals surface area contributed by atoms with E-state index in [0.717, 1.165) is 28.6 Å². The molecule has 0 saturated carbocycles. The number of nitrogens with one attached hydrogen (secondary N) is 1. The molecule has 0 unspecified atom stereocenters. The lowest BCUT2D eigenvalue weighted by Gasteiger charge is -2.14. The Morgan fingerprint density at radius 3 is 2.66 bits per heavy atom. The average molecular weight is 467 g/mol. The first-order valence-electron chi connectivity index (χ1n) is 10.8. The van der Waals surface area contributed by atoms with Gasteiger partial charge < -0.3 is 5.32 Å². The molecule has 3 aromatic heterocycles. The summed E-state index contributed by atoms with van der Waals surface area (Å²) in [5.74, 6) is 0.145. The molecular weight excluding hydrogens is 440 g/mol. The Balaban J connectivity index is 1.75. The predicted octanol–water partition coefficient (Wildman–Crippen LogP) is 4.62. The normalized spacial score (nSPS) is 12.3. The Morgan fingerprint density at radius 1 is 1.19 bits per heavy atom. The van der Waals surface area contributed by atoms with Crippen LogP contribution in [0.15, 0.2) is 52.5 Å². The van der Waals surface area contributed by atoms with E-state index < -0.39 is 0 Å². The Labute approximate surface area is 195 Å². The van der Waals surface area contributed by atoms with Crippen molar-refractivity contribution in [2.24, 2.45) is 0 Å². The molecule has 1 N–H and O–H groups in total. The second kappa shape index (κ2) is 9.83. The molecule has 0 radical (unpaired) electrons. The second-order valence-corrected chi connectivity index (χ2v) is 9.70. The largest absolute Gasteiger partial charge is 0.353 e. The standard InChI is InChI=1S/C24H26N4O2S2/c1-4-15(3)26-19(29)14-31-24-27-20-18-7-6-12-25-22(18)32-21(20)23(30)28(24)13-17-10-8-16(5-2)9-11-17/h6-12,15H,4-5,13-14H2,1-3H3,(H,26,29)/t15-/m1/s1. The monoisotopic (exact) mass is 466 g/mol. The van der Waals surface area contributed by atoms with Gasteiger partial charge in [-0.1, -0.05) is 49.9 Å². The maximum Gasteiger partial charge on any atom is 0.272 e. The number of thiophene rings is 1. The number of pyridine rings is 1. The number of amides is 1. The van der Waals surface area contributed by atoms with Gasteiger partial charge in [0.15, 0.2) is 5.16 Å². The molecule has 4 rings (SSSR count). The maximum atomic E-state index is 13.5. The van der Waals surface area contributed by atoms with Crippen LogP contribution in [0.5, 0.6) is 0 Å². The molecule has 0 fully saturated rings. The predicted molar refractivity (Wildman–Crippen MR) is 133 cm³/mol. The van der Waals surface area contributed by atoms with Crippen molar-refractivity contribution >= 4 is 49.4 Å². The van der Waals surface area contributed by atoms with Gasteiger partial charge in [-0.3, -0.25) is 14.2 Å². The Morgan fingerprint density at radius 2 is 1.94 bits per heavy atom. The topological polar surface area (TPSA) is 76.9 Å². The van der Waals surface area contributed by atoms with Crippen molar-refractivity contribution in [3.8, 4) is 0 Å². The van der Waals surface area contributed by atoms with E-state index in [-0.39, 0.29) is 23.3 Å².